The molecular formula is C14H11ClN2OS. The lowest BCUT2D eigenvalue weighted by Gasteiger charge is -2.12. The van der Waals surface area contributed by atoms with Crippen molar-refractivity contribution < 1.29 is 0 Å². The molecule has 0 aliphatic carbocycles. The van der Waals surface area contributed by atoms with Crippen LogP contribution in [0.25, 0.3) is 15.9 Å². The zero-order chi connectivity index (χ0) is 13.4. The number of thiophene rings is 1. The Morgan fingerprint density at radius 3 is 2.84 bits per heavy atom. The molecule has 3 rings (SSSR count). The molecule has 2 aromatic heterocycles. The molecule has 96 valence electrons. The Morgan fingerprint density at radius 1 is 1.32 bits per heavy atom. The van der Waals surface area contributed by atoms with E-state index < -0.39 is 0 Å². The smallest absolute Gasteiger partial charge is 0.267 e. The summed E-state index contributed by atoms with van der Waals surface area (Å²) in [6, 6.07) is 9.58. The molecule has 0 unspecified atom stereocenters. The summed E-state index contributed by atoms with van der Waals surface area (Å²) in [5.74, 6) is 0.780. The predicted octanol–water partition coefficient (Wildman–Crippen LogP) is 3.49. The van der Waals surface area contributed by atoms with E-state index >= 15 is 0 Å². The molecule has 0 fully saturated rings. The average molecular weight is 291 g/mol. The van der Waals surface area contributed by atoms with Gasteiger partial charge in [0.05, 0.1) is 17.1 Å². The lowest BCUT2D eigenvalue weighted by molar-refractivity contribution is 0.877. The van der Waals surface area contributed by atoms with Gasteiger partial charge in [0, 0.05) is 0 Å². The van der Waals surface area contributed by atoms with E-state index in [0.29, 0.717) is 10.5 Å². The first kappa shape index (κ1) is 12.4. The third kappa shape index (κ3) is 1.97. The Kier molecular flexibility index (Phi) is 3.12. The number of alkyl halides is 1. The summed E-state index contributed by atoms with van der Waals surface area (Å²) in [5, 5.41) is 1.87. The van der Waals surface area contributed by atoms with E-state index in [1.807, 2.05) is 42.6 Å². The highest BCUT2D eigenvalue weighted by Gasteiger charge is 2.13. The van der Waals surface area contributed by atoms with Crippen LogP contribution in [0.5, 0.6) is 0 Å². The molecule has 0 bridgehead atoms. The van der Waals surface area contributed by atoms with Gasteiger partial charge in [0.15, 0.2) is 0 Å². The fourth-order valence-electron chi connectivity index (χ4n) is 2.11. The molecule has 0 saturated carbocycles. The average Bonchev–Trinajstić information content (AvgIpc) is 2.88. The number of aryl methyl sites for hydroxylation is 1. The van der Waals surface area contributed by atoms with Crippen molar-refractivity contribution in [2.75, 3.05) is 0 Å². The third-order valence-corrected chi connectivity index (χ3v) is 4.16. The Labute approximate surface area is 119 Å². The molecule has 3 nitrogen and oxygen atoms in total. The second kappa shape index (κ2) is 4.79. The second-order valence-corrected chi connectivity index (χ2v) is 5.41. The number of rotatable bonds is 2. The summed E-state index contributed by atoms with van der Waals surface area (Å²) in [6.07, 6.45) is 0. The van der Waals surface area contributed by atoms with Gasteiger partial charge >= 0.3 is 0 Å². The van der Waals surface area contributed by atoms with Gasteiger partial charge in [-0.15, -0.1) is 22.9 Å². The highest BCUT2D eigenvalue weighted by atomic mass is 35.5. The SMILES string of the molecule is Cc1ccccc1-n1c(CCl)nc2ccsc2c1=O. The molecule has 0 saturated heterocycles. The summed E-state index contributed by atoms with van der Waals surface area (Å²) in [6.45, 7) is 1.97. The number of para-hydroxylation sites is 1. The van der Waals surface area contributed by atoms with E-state index in [1.54, 1.807) is 4.57 Å². The standard InChI is InChI=1S/C14H11ClN2OS/c1-9-4-2-3-5-11(9)17-12(8-15)16-10-6-7-19-13(10)14(17)18/h2-7H,8H2,1H3. The van der Waals surface area contributed by atoms with Gasteiger partial charge in [-0.25, -0.2) is 4.98 Å². The van der Waals surface area contributed by atoms with Crippen LogP contribution in [0.3, 0.4) is 0 Å². The highest BCUT2D eigenvalue weighted by Crippen LogP contribution is 2.20. The van der Waals surface area contributed by atoms with Gasteiger partial charge in [0.25, 0.3) is 5.56 Å². The topological polar surface area (TPSA) is 34.9 Å². The Bertz CT molecular complexity index is 807. The van der Waals surface area contributed by atoms with E-state index in [0.717, 1.165) is 16.8 Å². The lowest BCUT2D eigenvalue weighted by atomic mass is 10.2. The zero-order valence-electron chi connectivity index (χ0n) is 10.3. The van der Waals surface area contributed by atoms with Gasteiger partial charge in [0.1, 0.15) is 10.5 Å². The number of halogens is 1. The van der Waals surface area contributed by atoms with E-state index in [4.69, 9.17) is 11.6 Å². The minimum atomic E-state index is -0.0510. The van der Waals surface area contributed by atoms with Crippen molar-refractivity contribution in [3.8, 4) is 5.69 Å². The maximum absolute atomic E-state index is 12.6. The molecule has 2 heterocycles. The van der Waals surface area contributed by atoms with Gasteiger partial charge in [-0.05, 0) is 30.0 Å². The second-order valence-electron chi connectivity index (χ2n) is 4.22. The molecular weight excluding hydrogens is 280 g/mol. The first-order valence-corrected chi connectivity index (χ1v) is 7.25. The van der Waals surface area contributed by atoms with Crippen LogP contribution in [0.1, 0.15) is 11.4 Å². The van der Waals surface area contributed by atoms with Gasteiger partial charge < -0.3 is 0 Å². The molecule has 0 atom stereocenters. The Morgan fingerprint density at radius 2 is 2.11 bits per heavy atom. The van der Waals surface area contributed by atoms with Crippen molar-refractivity contribution in [2.24, 2.45) is 0 Å². The minimum Gasteiger partial charge on any atom is -0.267 e. The van der Waals surface area contributed by atoms with Crippen LogP contribution >= 0.6 is 22.9 Å². The molecule has 0 aliphatic heterocycles. The molecule has 0 N–H and O–H groups in total. The van der Waals surface area contributed by atoms with E-state index in [9.17, 15) is 4.79 Å². The predicted molar refractivity (Wildman–Crippen MR) is 79.5 cm³/mol. The summed E-state index contributed by atoms with van der Waals surface area (Å²) < 4.78 is 2.28. The van der Waals surface area contributed by atoms with Gasteiger partial charge in [-0.1, -0.05) is 18.2 Å². The largest absolute Gasteiger partial charge is 0.276 e. The molecule has 0 aliphatic rings. The summed E-state index contributed by atoms with van der Waals surface area (Å²) >= 11 is 7.36. The summed E-state index contributed by atoms with van der Waals surface area (Å²) in [5.41, 5.74) is 2.53. The van der Waals surface area contributed by atoms with Gasteiger partial charge in [-0.2, -0.15) is 0 Å². The van der Waals surface area contributed by atoms with E-state index in [1.165, 1.54) is 11.3 Å². The van der Waals surface area contributed by atoms with E-state index in [-0.39, 0.29) is 11.4 Å². The fraction of sp³-hybridized carbons (Fsp3) is 0.143. The van der Waals surface area contributed by atoms with Crippen molar-refractivity contribution in [3.05, 3.63) is 57.5 Å². The summed E-state index contributed by atoms with van der Waals surface area (Å²) in [7, 11) is 0. The lowest BCUT2D eigenvalue weighted by Crippen LogP contribution is -2.23. The van der Waals surface area contributed by atoms with Crippen LogP contribution < -0.4 is 5.56 Å². The van der Waals surface area contributed by atoms with Gasteiger partial charge in [0.2, 0.25) is 0 Å². The van der Waals surface area contributed by atoms with Crippen LogP contribution in [-0.4, -0.2) is 9.55 Å². The Hall–Kier alpha value is -1.65. The van der Waals surface area contributed by atoms with Crippen molar-refractivity contribution in [1.82, 2.24) is 9.55 Å². The number of hydrogen-bond donors (Lipinski definition) is 0. The molecule has 0 radical (unpaired) electrons. The van der Waals surface area contributed by atoms with Crippen molar-refractivity contribution >= 4 is 33.2 Å². The first-order valence-electron chi connectivity index (χ1n) is 5.83. The van der Waals surface area contributed by atoms with Crippen LogP contribution in [0.4, 0.5) is 0 Å². The molecule has 1 aromatic carbocycles. The number of hydrogen-bond acceptors (Lipinski definition) is 3. The maximum Gasteiger partial charge on any atom is 0.276 e. The first-order chi connectivity index (χ1) is 9.22. The Balaban J connectivity index is 2.43. The molecule has 3 aromatic rings. The van der Waals surface area contributed by atoms with Crippen molar-refractivity contribution in [1.29, 1.82) is 0 Å². The summed E-state index contributed by atoms with van der Waals surface area (Å²) in [4.78, 5) is 17.1. The monoisotopic (exact) mass is 290 g/mol. The highest BCUT2D eigenvalue weighted by molar-refractivity contribution is 7.17. The fourth-order valence-corrected chi connectivity index (χ4v) is 3.05. The third-order valence-electron chi connectivity index (χ3n) is 3.03. The molecule has 5 heteroatoms. The number of benzene rings is 1. The zero-order valence-corrected chi connectivity index (χ0v) is 11.8. The number of nitrogens with zero attached hydrogens (tertiary/aromatic N) is 2. The maximum atomic E-state index is 12.6. The molecule has 19 heavy (non-hydrogen) atoms. The van der Waals surface area contributed by atoms with Crippen LogP contribution in [-0.2, 0) is 5.88 Å². The quantitative estimate of drug-likeness (QED) is 0.677. The number of fused-ring (bicyclic) bond motifs is 1. The minimum absolute atomic E-state index is 0.0510. The van der Waals surface area contributed by atoms with E-state index in [2.05, 4.69) is 4.98 Å². The van der Waals surface area contributed by atoms with Crippen molar-refractivity contribution in [3.63, 3.8) is 0 Å². The van der Waals surface area contributed by atoms with Crippen LogP contribution in [0.15, 0.2) is 40.5 Å². The molecule has 0 amide bonds. The van der Waals surface area contributed by atoms with Crippen LogP contribution in [0.2, 0.25) is 0 Å². The normalized spacial score (nSPS) is 11.1. The number of aromatic nitrogens is 2. The van der Waals surface area contributed by atoms with Crippen molar-refractivity contribution in [2.45, 2.75) is 12.8 Å². The van der Waals surface area contributed by atoms with Gasteiger partial charge in [-0.3, -0.25) is 9.36 Å². The van der Waals surface area contributed by atoms with Crippen LogP contribution in [0, 0.1) is 6.92 Å². The molecule has 0 spiro atoms.